The lowest BCUT2D eigenvalue weighted by molar-refractivity contribution is -0.119. The first-order valence-electron chi connectivity index (χ1n) is 4.98. The van der Waals surface area contributed by atoms with Crippen molar-refractivity contribution in [2.24, 2.45) is 11.1 Å². The van der Waals surface area contributed by atoms with Crippen LogP contribution in [0, 0.1) is 11.2 Å². The second-order valence-corrected chi connectivity index (χ2v) is 4.69. The molecule has 0 aromatic carbocycles. The Labute approximate surface area is 94.1 Å². The second kappa shape index (κ2) is 4.57. The van der Waals surface area contributed by atoms with Crippen LogP contribution in [-0.4, -0.2) is 16.9 Å². The molecule has 0 saturated heterocycles. The van der Waals surface area contributed by atoms with Gasteiger partial charge < -0.3 is 11.1 Å². The van der Waals surface area contributed by atoms with E-state index in [-0.39, 0.29) is 11.3 Å². The Kier molecular flexibility index (Phi) is 3.59. The minimum absolute atomic E-state index is 0.297. The zero-order valence-corrected chi connectivity index (χ0v) is 9.62. The van der Waals surface area contributed by atoms with Crippen molar-refractivity contribution >= 4 is 11.7 Å². The zero-order chi connectivity index (χ0) is 12.3. The van der Waals surface area contributed by atoms with Crippen LogP contribution in [0.5, 0.6) is 0 Å². The predicted octanol–water partition coefficient (Wildman–Crippen LogP) is 1.53. The van der Waals surface area contributed by atoms with Crippen molar-refractivity contribution in [2.45, 2.75) is 26.8 Å². The van der Waals surface area contributed by atoms with E-state index in [0.717, 1.165) is 6.20 Å². The zero-order valence-electron chi connectivity index (χ0n) is 9.62. The normalized spacial score (nSPS) is 13.3. The molecule has 0 radical (unpaired) electrons. The molecule has 1 heterocycles. The third-order valence-electron chi connectivity index (χ3n) is 2.19. The summed E-state index contributed by atoms with van der Waals surface area (Å²) in [5.74, 6) is -0.476. The average Bonchev–Trinajstić information content (AvgIpc) is 2.19. The van der Waals surface area contributed by atoms with E-state index >= 15 is 0 Å². The summed E-state index contributed by atoms with van der Waals surface area (Å²) in [6.07, 6.45) is 1.04. The molecule has 3 N–H and O–H groups in total. The van der Waals surface area contributed by atoms with E-state index in [0.29, 0.717) is 5.82 Å². The van der Waals surface area contributed by atoms with Gasteiger partial charge in [0.2, 0.25) is 5.91 Å². The topological polar surface area (TPSA) is 68.0 Å². The summed E-state index contributed by atoms with van der Waals surface area (Å²) in [7, 11) is 0. The summed E-state index contributed by atoms with van der Waals surface area (Å²) in [5.41, 5.74) is 5.43. The quantitative estimate of drug-likeness (QED) is 0.802. The van der Waals surface area contributed by atoms with Gasteiger partial charge in [-0.05, 0) is 17.5 Å². The lowest BCUT2D eigenvalue weighted by Crippen LogP contribution is -2.45. The number of aromatic nitrogens is 1. The Balaban J connectivity index is 2.68. The SMILES string of the molecule is CC(C)(C)C(N)C(=O)Nc1ccc(F)cn1. The van der Waals surface area contributed by atoms with Gasteiger partial charge in [0.15, 0.2) is 0 Å². The minimum atomic E-state index is -0.639. The monoisotopic (exact) mass is 225 g/mol. The standard InChI is InChI=1S/C11H16FN3O/c1-11(2,3)9(13)10(16)15-8-5-4-7(12)6-14-8/h4-6,9H,13H2,1-3H3,(H,14,15,16). The maximum absolute atomic E-state index is 12.6. The molecule has 1 unspecified atom stereocenters. The van der Waals surface area contributed by atoms with Crippen LogP contribution >= 0.6 is 0 Å². The van der Waals surface area contributed by atoms with Crippen molar-refractivity contribution in [1.82, 2.24) is 4.98 Å². The van der Waals surface area contributed by atoms with Gasteiger partial charge in [-0.2, -0.15) is 0 Å². The molecule has 1 atom stereocenters. The van der Waals surface area contributed by atoms with Crippen LogP contribution in [0.15, 0.2) is 18.3 Å². The lowest BCUT2D eigenvalue weighted by Gasteiger charge is -2.25. The predicted molar refractivity (Wildman–Crippen MR) is 60.3 cm³/mol. The van der Waals surface area contributed by atoms with E-state index in [2.05, 4.69) is 10.3 Å². The summed E-state index contributed by atoms with van der Waals surface area (Å²) in [5, 5.41) is 2.53. The maximum Gasteiger partial charge on any atom is 0.242 e. The molecule has 1 amide bonds. The summed E-state index contributed by atoms with van der Waals surface area (Å²) in [4.78, 5) is 15.4. The van der Waals surface area contributed by atoms with Gasteiger partial charge in [-0.25, -0.2) is 9.37 Å². The molecule has 0 aliphatic carbocycles. The third-order valence-corrected chi connectivity index (χ3v) is 2.19. The Hall–Kier alpha value is -1.49. The van der Waals surface area contributed by atoms with Gasteiger partial charge in [-0.1, -0.05) is 20.8 Å². The van der Waals surface area contributed by atoms with Crippen LogP contribution in [0.2, 0.25) is 0 Å². The largest absolute Gasteiger partial charge is 0.319 e. The summed E-state index contributed by atoms with van der Waals surface area (Å²) < 4.78 is 12.6. The molecule has 0 bridgehead atoms. The molecule has 0 spiro atoms. The number of anilines is 1. The van der Waals surface area contributed by atoms with Gasteiger partial charge >= 0.3 is 0 Å². The first-order valence-corrected chi connectivity index (χ1v) is 4.98. The first kappa shape index (κ1) is 12.6. The van der Waals surface area contributed by atoms with Crippen molar-refractivity contribution in [2.75, 3.05) is 5.32 Å². The van der Waals surface area contributed by atoms with Gasteiger partial charge in [-0.15, -0.1) is 0 Å². The Bertz CT molecular complexity index is 370. The molecule has 0 fully saturated rings. The molecule has 1 rings (SSSR count). The van der Waals surface area contributed by atoms with Crippen molar-refractivity contribution in [3.63, 3.8) is 0 Å². The summed E-state index contributed by atoms with van der Waals surface area (Å²) >= 11 is 0. The van der Waals surface area contributed by atoms with Gasteiger partial charge in [0.25, 0.3) is 0 Å². The molecule has 4 nitrogen and oxygen atoms in total. The van der Waals surface area contributed by atoms with Gasteiger partial charge in [0, 0.05) is 0 Å². The first-order chi connectivity index (χ1) is 7.30. The number of hydrogen-bond donors (Lipinski definition) is 2. The average molecular weight is 225 g/mol. The highest BCUT2D eigenvalue weighted by Gasteiger charge is 2.27. The fourth-order valence-electron chi connectivity index (χ4n) is 1.05. The highest BCUT2D eigenvalue weighted by molar-refractivity contribution is 5.94. The second-order valence-electron chi connectivity index (χ2n) is 4.69. The van der Waals surface area contributed by atoms with E-state index in [1.165, 1.54) is 12.1 Å². The van der Waals surface area contributed by atoms with Gasteiger partial charge in [0.1, 0.15) is 11.6 Å². The number of halogens is 1. The molecule has 1 aromatic rings. The summed E-state index contributed by atoms with van der Waals surface area (Å²) in [6, 6.07) is 1.98. The van der Waals surface area contributed by atoms with Gasteiger partial charge in [0.05, 0.1) is 12.2 Å². The van der Waals surface area contributed by atoms with Crippen molar-refractivity contribution in [1.29, 1.82) is 0 Å². The maximum atomic E-state index is 12.6. The molecule has 0 saturated carbocycles. The lowest BCUT2D eigenvalue weighted by atomic mass is 9.87. The van der Waals surface area contributed by atoms with Crippen molar-refractivity contribution in [3.05, 3.63) is 24.1 Å². The van der Waals surface area contributed by atoms with E-state index in [1.807, 2.05) is 20.8 Å². The van der Waals surface area contributed by atoms with Crippen LogP contribution in [-0.2, 0) is 4.79 Å². The fourth-order valence-corrected chi connectivity index (χ4v) is 1.05. The number of pyridine rings is 1. The molecule has 1 aromatic heterocycles. The van der Waals surface area contributed by atoms with E-state index < -0.39 is 11.9 Å². The molecular weight excluding hydrogens is 209 g/mol. The number of carbonyl (C=O) groups excluding carboxylic acids is 1. The molecular formula is C11H16FN3O. The fraction of sp³-hybridized carbons (Fsp3) is 0.455. The van der Waals surface area contributed by atoms with Gasteiger partial charge in [-0.3, -0.25) is 4.79 Å². The number of nitrogens with two attached hydrogens (primary N) is 1. The van der Waals surface area contributed by atoms with Crippen LogP contribution in [0.3, 0.4) is 0 Å². The Morgan fingerprint density at radius 1 is 1.50 bits per heavy atom. The Morgan fingerprint density at radius 3 is 2.56 bits per heavy atom. The van der Waals surface area contributed by atoms with Crippen LogP contribution in [0.4, 0.5) is 10.2 Å². The van der Waals surface area contributed by atoms with Crippen LogP contribution < -0.4 is 11.1 Å². The van der Waals surface area contributed by atoms with Crippen LogP contribution in [0.25, 0.3) is 0 Å². The summed E-state index contributed by atoms with van der Waals surface area (Å²) in [6.45, 7) is 5.61. The van der Waals surface area contributed by atoms with E-state index in [4.69, 9.17) is 5.73 Å². The highest BCUT2D eigenvalue weighted by atomic mass is 19.1. The number of nitrogens with one attached hydrogen (secondary N) is 1. The highest BCUT2D eigenvalue weighted by Crippen LogP contribution is 2.18. The number of hydrogen-bond acceptors (Lipinski definition) is 3. The molecule has 0 aliphatic rings. The van der Waals surface area contributed by atoms with Crippen LogP contribution in [0.1, 0.15) is 20.8 Å². The molecule has 88 valence electrons. The number of rotatable bonds is 2. The van der Waals surface area contributed by atoms with E-state index in [1.54, 1.807) is 0 Å². The third kappa shape index (κ3) is 3.27. The number of carbonyl (C=O) groups is 1. The minimum Gasteiger partial charge on any atom is -0.319 e. The molecule has 0 aliphatic heterocycles. The van der Waals surface area contributed by atoms with Crippen molar-refractivity contribution < 1.29 is 9.18 Å². The molecule has 16 heavy (non-hydrogen) atoms. The smallest absolute Gasteiger partial charge is 0.242 e. The molecule has 5 heteroatoms. The van der Waals surface area contributed by atoms with E-state index in [9.17, 15) is 9.18 Å². The number of amides is 1. The van der Waals surface area contributed by atoms with Crippen molar-refractivity contribution in [3.8, 4) is 0 Å². The number of nitrogens with zero attached hydrogens (tertiary/aromatic N) is 1. The Morgan fingerprint density at radius 2 is 2.12 bits per heavy atom.